The molecule has 1 unspecified atom stereocenters. The smallest absolute Gasteiger partial charge is 0.253 e. The quantitative estimate of drug-likeness (QED) is 0.887. The Kier molecular flexibility index (Phi) is 5.93. The third-order valence-corrected chi connectivity index (χ3v) is 5.77. The second-order valence-corrected chi connectivity index (χ2v) is 7.62. The summed E-state index contributed by atoms with van der Waals surface area (Å²) in [6.07, 6.45) is 2.17. The lowest BCUT2D eigenvalue weighted by atomic mass is 10.0. The lowest BCUT2D eigenvalue weighted by Gasteiger charge is -2.32. The predicted octanol–water partition coefficient (Wildman–Crippen LogP) is 3.01. The molecule has 0 saturated carbocycles. The van der Waals surface area contributed by atoms with E-state index in [0.29, 0.717) is 6.54 Å². The SMILES string of the molecule is COC1CCCN(C(=O)c2cccc(-c3cccc(N4CCNCC4)c3)c2)C1. The van der Waals surface area contributed by atoms with Gasteiger partial charge in [-0.3, -0.25) is 4.79 Å². The van der Waals surface area contributed by atoms with Gasteiger partial charge in [0.05, 0.1) is 6.10 Å². The van der Waals surface area contributed by atoms with Gasteiger partial charge < -0.3 is 19.9 Å². The van der Waals surface area contributed by atoms with Crippen molar-refractivity contribution >= 4 is 11.6 Å². The van der Waals surface area contributed by atoms with E-state index >= 15 is 0 Å². The third-order valence-electron chi connectivity index (χ3n) is 5.77. The van der Waals surface area contributed by atoms with Crippen molar-refractivity contribution in [3.8, 4) is 11.1 Å². The fourth-order valence-electron chi connectivity index (χ4n) is 4.13. The largest absolute Gasteiger partial charge is 0.380 e. The number of methoxy groups -OCH3 is 1. The maximum absolute atomic E-state index is 13.0. The van der Waals surface area contributed by atoms with E-state index in [9.17, 15) is 4.79 Å². The van der Waals surface area contributed by atoms with Gasteiger partial charge >= 0.3 is 0 Å². The summed E-state index contributed by atoms with van der Waals surface area (Å²) in [6.45, 7) is 5.58. The molecule has 148 valence electrons. The first-order chi connectivity index (χ1) is 13.7. The minimum atomic E-state index is 0.0989. The van der Waals surface area contributed by atoms with Crippen LogP contribution in [0.2, 0.25) is 0 Å². The number of amides is 1. The van der Waals surface area contributed by atoms with Crippen LogP contribution in [0.1, 0.15) is 23.2 Å². The van der Waals surface area contributed by atoms with Crippen LogP contribution >= 0.6 is 0 Å². The molecule has 0 bridgehead atoms. The van der Waals surface area contributed by atoms with Crippen LogP contribution in [0.3, 0.4) is 0 Å². The monoisotopic (exact) mass is 379 g/mol. The lowest BCUT2D eigenvalue weighted by molar-refractivity contribution is 0.0269. The number of nitrogens with zero attached hydrogens (tertiary/aromatic N) is 2. The van der Waals surface area contributed by atoms with Crippen LogP contribution in [0.25, 0.3) is 11.1 Å². The standard InChI is InChI=1S/C23H29N3O2/c1-28-22-9-4-12-26(17-22)23(27)20-7-2-5-18(15-20)19-6-3-8-21(16-19)25-13-10-24-11-14-25/h2-3,5-8,15-16,22,24H,4,9-14,17H2,1H3. The zero-order chi connectivity index (χ0) is 19.3. The average molecular weight is 380 g/mol. The summed E-state index contributed by atoms with van der Waals surface area (Å²) < 4.78 is 5.47. The highest BCUT2D eigenvalue weighted by molar-refractivity contribution is 5.95. The molecule has 0 aromatic heterocycles. The van der Waals surface area contributed by atoms with E-state index in [4.69, 9.17) is 4.74 Å². The highest BCUT2D eigenvalue weighted by atomic mass is 16.5. The molecule has 1 amide bonds. The van der Waals surface area contributed by atoms with Gasteiger partial charge in [0.15, 0.2) is 0 Å². The van der Waals surface area contributed by atoms with E-state index in [2.05, 4.69) is 40.5 Å². The van der Waals surface area contributed by atoms with Crippen molar-refractivity contribution in [3.05, 3.63) is 54.1 Å². The van der Waals surface area contributed by atoms with E-state index in [1.807, 2.05) is 23.1 Å². The summed E-state index contributed by atoms with van der Waals surface area (Å²) in [5.74, 6) is 0.0989. The Bertz CT molecular complexity index is 817. The number of hydrogen-bond acceptors (Lipinski definition) is 4. The van der Waals surface area contributed by atoms with Crippen molar-refractivity contribution < 1.29 is 9.53 Å². The average Bonchev–Trinajstić information content (AvgIpc) is 2.79. The van der Waals surface area contributed by atoms with Crippen molar-refractivity contribution in [2.45, 2.75) is 18.9 Å². The third kappa shape index (κ3) is 4.21. The van der Waals surface area contributed by atoms with Gasteiger partial charge in [0.2, 0.25) is 0 Å². The van der Waals surface area contributed by atoms with Crippen LogP contribution in [-0.2, 0) is 4.74 Å². The van der Waals surface area contributed by atoms with Gasteiger partial charge in [0.25, 0.3) is 5.91 Å². The topological polar surface area (TPSA) is 44.8 Å². The molecule has 2 saturated heterocycles. The highest BCUT2D eigenvalue weighted by Gasteiger charge is 2.24. The molecular weight excluding hydrogens is 350 g/mol. The number of rotatable bonds is 4. The lowest BCUT2D eigenvalue weighted by Crippen LogP contribution is -2.43. The Morgan fingerprint density at radius 3 is 2.57 bits per heavy atom. The van der Waals surface area contributed by atoms with Gasteiger partial charge in [-0.25, -0.2) is 0 Å². The van der Waals surface area contributed by atoms with E-state index in [-0.39, 0.29) is 12.0 Å². The molecular formula is C23H29N3O2. The van der Waals surface area contributed by atoms with Gasteiger partial charge in [-0.1, -0.05) is 24.3 Å². The van der Waals surface area contributed by atoms with Gasteiger partial charge in [-0.05, 0) is 48.2 Å². The van der Waals surface area contributed by atoms with Crippen LogP contribution in [0.15, 0.2) is 48.5 Å². The van der Waals surface area contributed by atoms with Gasteiger partial charge in [0.1, 0.15) is 0 Å². The molecule has 5 nitrogen and oxygen atoms in total. The molecule has 2 aliphatic rings. The summed E-state index contributed by atoms with van der Waals surface area (Å²) in [4.78, 5) is 17.3. The molecule has 1 atom stereocenters. The van der Waals surface area contributed by atoms with E-state index in [0.717, 1.165) is 62.3 Å². The van der Waals surface area contributed by atoms with Crippen LogP contribution < -0.4 is 10.2 Å². The second kappa shape index (κ2) is 8.76. The molecule has 0 spiro atoms. The molecule has 2 fully saturated rings. The Labute approximate surface area is 167 Å². The molecule has 5 heteroatoms. The number of likely N-dealkylation sites (tertiary alicyclic amines) is 1. The minimum absolute atomic E-state index is 0.0989. The maximum atomic E-state index is 13.0. The van der Waals surface area contributed by atoms with Crippen LogP contribution in [0.4, 0.5) is 5.69 Å². The number of nitrogens with one attached hydrogen (secondary N) is 1. The Hall–Kier alpha value is -2.37. The first-order valence-corrected chi connectivity index (χ1v) is 10.2. The van der Waals surface area contributed by atoms with E-state index in [1.54, 1.807) is 7.11 Å². The van der Waals surface area contributed by atoms with Crippen molar-refractivity contribution in [1.29, 1.82) is 0 Å². The number of anilines is 1. The van der Waals surface area contributed by atoms with Crippen LogP contribution in [0.5, 0.6) is 0 Å². The van der Waals surface area contributed by atoms with Crippen molar-refractivity contribution in [1.82, 2.24) is 10.2 Å². The molecule has 2 heterocycles. The molecule has 0 aliphatic carbocycles. The second-order valence-electron chi connectivity index (χ2n) is 7.62. The highest BCUT2D eigenvalue weighted by Crippen LogP contribution is 2.26. The molecule has 0 radical (unpaired) electrons. The number of benzene rings is 2. The Balaban J connectivity index is 1.54. The Morgan fingerprint density at radius 1 is 1.04 bits per heavy atom. The van der Waals surface area contributed by atoms with Crippen LogP contribution in [0, 0.1) is 0 Å². The van der Waals surface area contributed by atoms with Crippen molar-refractivity contribution in [2.75, 3.05) is 51.3 Å². The fraction of sp³-hybridized carbons (Fsp3) is 0.435. The number of piperidine rings is 1. The van der Waals surface area contributed by atoms with Gasteiger partial charge in [-0.2, -0.15) is 0 Å². The zero-order valence-corrected chi connectivity index (χ0v) is 16.6. The number of carbonyl (C=O) groups is 1. The first kappa shape index (κ1) is 19.0. The summed E-state index contributed by atoms with van der Waals surface area (Å²) in [5.41, 5.74) is 4.23. The fourth-order valence-corrected chi connectivity index (χ4v) is 4.13. The van der Waals surface area contributed by atoms with Gasteiger partial charge in [-0.15, -0.1) is 0 Å². The molecule has 2 aromatic carbocycles. The maximum Gasteiger partial charge on any atom is 0.253 e. The van der Waals surface area contributed by atoms with Gasteiger partial charge in [0, 0.05) is 57.6 Å². The van der Waals surface area contributed by atoms with Crippen molar-refractivity contribution in [2.24, 2.45) is 0 Å². The molecule has 2 aliphatic heterocycles. The normalized spacial score (nSPS) is 20.2. The molecule has 4 rings (SSSR count). The number of piperazine rings is 1. The molecule has 2 aromatic rings. The number of hydrogen-bond donors (Lipinski definition) is 1. The summed E-state index contributed by atoms with van der Waals surface area (Å²) in [6, 6.07) is 16.6. The first-order valence-electron chi connectivity index (χ1n) is 10.2. The number of carbonyl (C=O) groups excluding carboxylic acids is 1. The summed E-state index contributed by atoms with van der Waals surface area (Å²) >= 11 is 0. The van der Waals surface area contributed by atoms with Crippen molar-refractivity contribution in [3.63, 3.8) is 0 Å². The zero-order valence-electron chi connectivity index (χ0n) is 16.6. The minimum Gasteiger partial charge on any atom is -0.380 e. The predicted molar refractivity (Wildman–Crippen MR) is 113 cm³/mol. The Morgan fingerprint density at radius 2 is 1.79 bits per heavy atom. The van der Waals surface area contributed by atoms with E-state index in [1.165, 1.54) is 5.69 Å². The molecule has 28 heavy (non-hydrogen) atoms. The number of ether oxygens (including phenoxy) is 1. The summed E-state index contributed by atoms with van der Waals surface area (Å²) in [5, 5.41) is 3.40. The summed E-state index contributed by atoms with van der Waals surface area (Å²) in [7, 11) is 1.73. The van der Waals surface area contributed by atoms with E-state index < -0.39 is 0 Å². The molecule has 1 N–H and O–H groups in total. The van der Waals surface area contributed by atoms with Crippen LogP contribution in [-0.4, -0.2) is 63.3 Å².